The summed E-state index contributed by atoms with van der Waals surface area (Å²) in [7, 11) is 0. The summed E-state index contributed by atoms with van der Waals surface area (Å²) in [6.07, 6.45) is -0.388. The molecule has 2 unspecified atom stereocenters. The highest BCUT2D eigenvalue weighted by Crippen LogP contribution is 2.35. The number of benzene rings is 2. The van der Waals surface area contributed by atoms with Gasteiger partial charge in [-0.1, -0.05) is 12.1 Å². The van der Waals surface area contributed by atoms with E-state index in [1.54, 1.807) is 18.2 Å². The summed E-state index contributed by atoms with van der Waals surface area (Å²) in [5.41, 5.74) is 6.83. The quantitative estimate of drug-likeness (QED) is 0.208. The lowest BCUT2D eigenvalue weighted by molar-refractivity contribution is -0.139. The van der Waals surface area contributed by atoms with E-state index in [0.717, 1.165) is 17.3 Å². The Morgan fingerprint density at radius 1 is 0.971 bits per heavy atom. The van der Waals surface area contributed by atoms with Crippen molar-refractivity contribution >= 4 is 35.5 Å². The van der Waals surface area contributed by atoms with Crippen molar-refractivity contribution in [2.75, 3.05) is 12.3 Å². The van der Waals surface area contributed by atoms with E-state index in [-0.39, 0.29) is 30.1 Å². The number of nitrogens with two attached hydrogens (primary N) is 1. The average Bonchev–Trinajstić information content (AvgIpc) is 2.79. The summed E-state index contributed by atoms with van der Waals surface area (Å²) in [5.74, 6) is -3.84. The van der Waals surface area contributed by atoms with Gasteiger partial charge in [0.05, 0.1) is 0 Å². The molecule has 0 heterocycles. The Kier molecular flexibility index (Phi) is 9.71. The highest BCUT2D eigenvalue weighted by molar-refractivity contribution is 7.99. The van der Waals surface area contributed by atoms with Gasteiger partial charge in [-0.3, -0.25) is 19.2 Å². The number of carboxylic acid groups (broad SMARTS) is 2. The molecule has 0 aromatic heterocycles. The van der Waals surface area contributed by atoms with Crippen molar-refractivity contribution in [3.05, 3.63) is 42.5 Å². The monoisotopic (exact) mass is 491 g/mol. The van der Waals surface area contributed by atoms with Crippen LogP contribution >= 0.6 is 11.8 Å². The summed E-state index contributed by atoms with van der Waals surface area (Å²) in [5, 5.41) is 41.8. The van der Waals surface area contributed by atoms with Crippen LogP contribution in [0, 0.1) is 0 Å². The van der Waals surface area contributed by atoms with E-state index in [1.165, 1.54) is 24.3 Å². The molecule has 0 fully saturated rings. The van der Waals surface area contributed by atoms with Crippen LogP contribution in [0.3, 0.4) is 0 Å². The van der Waals surface area contributed by atoms with Gasteiger partial charge in [0.1, 0.15) is 30.1 Å². The van der Waals surface area contributed by atoms with Gasteiger partial charge >= 0.3 is 11.9 Å². The molecule has 0 spiro atoms. The molecule has 34 heavy (non-hydrogen) atoms. The van der Waals surface area contributed by atoms with Gasteiger partial charge in [-0.15, -0.1) is 11.8 Å². The normalized spacial score (nSPS) is 12.4. The lowest BCUT2D eigenvalue weighted by atomic mass is 10.1. The molecule has 0 aliphatic carbocycles. The fourth-order valence-electron chi connectivity index (χ4n) is 2.83. The van der Waals surface area contributed by atoms with Gasteiger partial charge in [0.2, 0.25) is 11.8 Å². The molecule has 0 aliphatic rings. The topological polar surface area (TPSA) is 199 Å². The molecule has 0 aliphatic heterocycles. The summed E-state index contributed by atoms with van der Waals surface area (Å²) in [6, 6.07) is 8.60. The number of nitrogens with one attached hydrogen (secondary N) is 2. The van der Waals surface area contributed by atoms with Crippen molar-refractivity contribution in [2.24, 2.45) is 5.73 Å². The second-order valence-corrected chi connectivity index (χ2v) is 8.32. The number of rotatable bonds is 12. The molecule has 8 N–H and O–H groups in total. The number of phenols is 2. The number of thioether (sulfide) groups is 1. The third-order valence-corrected chi connectivity index (χ3v) is 5.76. The van der Waals surface area contributed by atoms with E-state index in [0.29, 0.717) is 10.5 Å². The fraction of sp³-hybridized carbons (Fsp3) is 0.273. The molecule has 2 atom stereocenters. The summed E-state index contributed by atoms with van der Waals surface area (Å²) >= 11 is 1.14. The van der Waals surface area contributed by atoms with Gasteiger partial charge in [0, 0.05) is 17.1 Å². The van der Waals surface area contributed by atoms with Crippen molar-refractivity contribution < 1.29 is 39.6 Å². The zero-order chi connectivity index (χ0) is 25.3. The molecular weight excluding hydrogens is 466 g/mol. The molecule has 2 amide bonds. The van der Waals surface area contributed by atoms with E-state index in [1.807, 2.05) is 0 Å². The van der Waals surface area contributed by atoms with Gasteiger partial charge in [-0.2, -0.15) is 0 Å². The lowest BCUT2D eigenvalue weighted by Crippen LogP contribution is -2.49. The highest BCUT2D eigenvalue weighted by atomic mass is 32.2. The number of phenolic OH excluding ortho intramolecular Hbond substituents is 2. The van der Waals surface area contributed by atoms with Crippen LogP contribution in [0.1, 0.15) is 12.8 Å². The van der Waals surface area contributed by atoms with E-state index in [4.69, 9.17) is 15.9 Å². The molecule has 182 valence electrons. The number of amides is 2. The first-order valence-corrected chi connectivity index (χ1v) is 11.1. The van der Waals surface area contributed by atoms with Gasteiger partial charge in [-0.05, 0) is 47.9 Å². The van der Waals surface area contributed by atoms with Crippen molar-refractivity contribution in [2.45, 2.75) is 29.8 Å². The van der Waals surface area contributed by atoms with Crippen LogP contribution < -0.4 is 16.4 Å². The zero-order valence-corrected chi connectivity index (χ0v) is 18.7. The molecule has 0 saturated carbocycles. The van der Waals surface area contributed by atoms with Crippen LogP contribution in [0.15, 0.2) is 47.4 Å². The molecule has 2 aromatic carbocycles. The number of carboxylic acids is 2. The Bertz CT molecular complexity index is 1040. The molecule has 11 nitrogen and oxygen atoms in total. The Labute approximate surface area is 199 Å². The largest absolute Gasteiger partial charge is 0.508 e. The SMILES string of the molecule is NC(CCC(=O)NC(CSc1cc(O)ccc1-c1ccc(O)cc1)C(=O)NCC(=O)O)C(=O)O. The Balaban J connectivity index is 2.17. The second kappa shape index (κ2) is 12.5. The van der Waals surface area contributed by atoms with Crippen LogP contribution in [0.5, 0.6) is 11.5 Å². The number of hydrogen-bond donors (Lipinski definition) is 7. The molecule has 0 radical (unpaired) electrons. The zero-order valence-electron chi connectivity index (χ0n) is 17.9. The van der Waals surface area contributed by atoms with Gasteiger partial charge in [0.15, 0.2) is 0 Å². The third kappa shape index (κ3) is 8.30. The maximum absolute atomic E-state index is 12.5. The maximum Gasteiger partial charge on any atom is 0.322 e. The van der Waals surface area contributed by atoms with Gasteiger partial charge in [-0.25, -0.2) is 0 Å². The maximum atomic E-state index is 12.5. The Morgan fingerprint density at radius 3 is 2.24 bits per heavy atom. The van der Waals surface area contributed by atoms with Crippen LogP contribution in [-0.4, -0.2) is 68.6 Å². The van der Waals surface area contributed by atoms with E-state index in [2.05, 4.69) is 10.6 Å². The van der Waals surface area contributed by atoms with Crippen molar-refractivity contribution in [1.29, 1.82) is 0 Å². The predicted octanol–water partition coefficient (Wildman–Crippen LogP) is 0.735. The van der Waals surface area contributed by atoms with Gasteiger partial charge in [0.25, 0.3) is 0 Å². The summed E-state index contributed by atoms with van der Waals surface area (Å²) < 4.78 is 0. The van der Waals surface area contributed by atoms with Crippen LogP contribution in [-0.2, 0) is 19.2 Å². The molecule has 12 heteroatoms. The van der Waals surface area contributed by atoms with E-state index in [9.17, 15) is 29.4 Å². The molecular formula is C22H25N3O8S. The van der Waals surface area contributed by atoms with Crippen molar-refractivity contribution in [3.8, 4) is 22.6 Å². The number of carbonyl (C=O) groups excluding carboxylic acids is 2. The summed E-state index contributed by atoms with van der Waals surface area (Å²) in [6.45, 7) is -0.648. The minimum atomic E-state index is -1.26. The first-order valence-electron chi connectivity index (χ1n) is 10.1. The number of hydrogen-bond acceptors (Lipinski definition) is 8. The minimum Gasteiger partial charge on any atom is -0.508 e. The molecule has 2 rings (SSSR count). The predicted molar refractivity (Wildman–Crippen MR) is 123 cm³/mol. The third-order valence-electron chi connectivity index (χ3n) is 4.61. The number of aliphatic carboxylic acids is 2. The van der Waals surface area contributed by atoms with Crippen molar-refractivity contribution in [1.82, 2.24) is 10.6 Å². The van der Waals surface area contributed by atoms with E-state index < -0.39 is 42.4 Å². The van der Waals surface area contributed by atoms with Gasteiger partial charge < -0.3 is 36.8 Å². The minimum absolute atomic E-state index is 0.0171. The Morgan fingerprint density at radius 2 is 1.62 bits per heavy atom. The number of aromatic hydroxyl groups is 2. The fourth-order valence-corrected chi connectivity index (χ4v) is 3.95. The average molecular weight is 492 g/mol. The first kappa shape index (κ1) is 26.5. The van der Waals surface area contributed by atoms with E-state index >= 15 is 0 Å². The standard InChI is InChI=1S/C22H25N3O8S/c23-16(22(32)33)7-8-19(28)25-17(21(31)24-10-20(29)30)11-34-18-9-14(27)5-6-15(18)12-1-3-13(26)4-2-12/h1-6,9,16-17,26-27H,7-8,10-11,23H2,(H,24,31)(H,25,28)(H,29,30)(H,32,33). The van der Waals surface area contributed by atoms with Crippen molar-refractivity contribution in [3.63, 3.8) is 0 Å². The highest BCUT2D eigenvalue weighted by Gasteiger charge is 2.23. The molecule has 2 aromatic rings. The molecule has 0 bridgehead atoms. The summed E-state index contributed by atoms with van der Waals surface area (Å²) in [4.78, 5) is 47.0. The number of carbonyl (C=O) groups is 4. The Hall–Kier alpha value is -3.77. The smallest absolute Gasteiger partial charge is 0.322 e. The van der Waals surface area contributed by atoms with Crippen LogP contribution in [0.25, 0.3) is 11.1 Å². The first-order chi connectivity index (χ1) is 16.1. The second-order valence-electron chi connectivity index (χ2n) is 7.25. The lowest BCUT2D eigenvalue weighted by Gasteiger charge is -2.19. The van der Waals surface area contributed by atoms with Crippen LogP contribution in [0.4, 0.5) is 0 Å². The molecule has 0 saturated heterocycles. The van der Waals surface area contributed by atoms with Crippen LogP contribution in [0.2, 0.25) is 0 Å².